The summed E-state index contributed by atoms with van der Waals surface area (Å²) < 4.78 is 0. The molecule has 0 saturated heterocycles. The first-order valence-electron chi connectivity index (χ1n) is 7.98. The summed E-state index contributed by atoms with van der Waals surface area (Å²) in [5.74, 6) is 0. The van der Waals surface area contributed by atoms with E-state index in [0.717, 1.165) is 22.4 Å². The minimum absolute atomic E-state index is 0.812. The molecule has 3 rings (SSSR count). The lowest BCUT2D eigenvalue weighted by Crippen LogP contribution is -2.27. The van der Waals surface area contributed by atoms with Crippen molar-refractivity contribution in [3.8, 4) is 6.07 Å². The fraction of sp³-hybridized carbons (Fsp3) is 0.136. The lowest BCUT2D eigenvalue weighted by molar-refractivity contribution is 0.795. The first-order valence-corrected chi connectivity index (χ1v) is 7.98. The minimum Gasteiger partial charge on any atom is -0.378 e. The molecule has 0 radical (unpaired) electrons. The maximum absolute atomic E-state index is 10.3. The molecule has 3 aromatic rings. The largest absolute Gasteiger partial charge is 0.378 e. The Balaban J connectivity index is 2.25. The highest BCUT2D eigenvalue weighted by Crippen LogP contribution is 2.39. The van der Waals surface area contributed by atoms with Gasteiger partial charge in [-0.25, -0.2) is 0 Å². The van der Waals surface area contributed by atoms with Crippen molar-refractivity contribution in [2.45, 2.75) is 5.41 Å². The third-order valence-corrected chi connectivity index (χ3v) is 4.40. The normalized spacial score (nSPS) is 10.9. The van der Waals surface area contributed by atoms with E-state index in [9.17, 15) is 5.26 Å². The molecule has 118 valence electrons. The zero-order valence-electron chi connectivity index (χ0n) is 14.0. The maximum Gasteiger partial charge on any atom is 0.132 e. The van der Waals surface area contributed by atoms with Crippen LogP contribution in [0.15, 0.2) is 84.9 Å². The van der Waals surface area contributed by atoms with Crippen LogP contribution >= 0.6 is 0 Å². The van der Waals surface area contributed by atoms with Crippen LogP contribution in [-0.2, 0) is 5.41 Å². The fourth-order valence-electron chi connectivity index (χ4n) is 3.08. The highest BCUT2D eigenvalue weighted by Gasteiger charge is 2.36. The van der Waals surface area contributed by atoms with Gasteiger partial charge in [0, 0.05) is 19.8 Å². The molecule has 3 aromatic carbocycles. The molecule has 0 fully saturated rings. The number of benzene rings is 3. The molecule has 0 saturated carbocycles. The fourth-order valence-corrected chi connectivity index (χ4v) is 3.08. The molecule has 2 nitrogen and oxygen atoms in total. The number of nitrogens with zero attached hydrogens (tertiary/aromatic N) is 2. The van der Waals surface area contributed by atoms with E-state index in [2.05, 4.69) is 35.2 Å². The van der Waals surface area contributed by atoms with Gasteiger partial charge in [0.1, 0.15) is 5.41 Å². The van der Waals surface area contributed by atoms with Crippen LogP contribution in [0.5, 0.6) is 0 Å². The first kappa shape index (κ1) is 15.8. The van der Waals surface area contributed by atoms with Crippen LogP contribution < -0.4 is 4.90 Å². The second-order valence-corrected chi connectivity index (χ2v) is 6.04. The van der Waals surface area contributed by atoms with Crippen LogP contribution in [0.25, 0.3) is 0 Å². The van der Waals surface area contributed by atoms with Crippen LogP contribution in [-0.4, -0.2) is 14.1 Å². The second-order valence-electron chi connectivity index (χ2n) is 6.04. The summed E-state index contributed by atoms with van der Waals surface area (Å²) in [4.78, 5) is 2.06. The standard InChI is InChI=1S/C22H20N2/c1-24(2)21-15-13-20(14-16-21)22(17-23,18-9-5-3-6-10-18)19-11-7-4-8-12-19/h3-16H,1-2H3. The molecule has 2 heteroatoms. The lowest BCUT2D eigenvalue weighted by Gasteiger charge is -2.29. The average Bonchev–Trinajstić information content (AvgIpc) is 2.65. The van der Waals surface area contributed by atoms with Gasteiger partial charge in [-0.15, -0.1) is 0 Å². The predicted molar refractivity (Wildman–Crippen MR) is 99.1 cm³/mol. The number of anilines is 1. The highest BCUT2D eigenvalue weighted by molar-refractivity contribution is 5.58. The van der Waals surface area contributed by atoms with E-state index in [0.29, 0.717) is 0 Å². The quantitative estimate of drug-likeness (QED) is 0.658. The summed E-state index contributed by atoms with van der Waals surface area (Å²) in [6, 6.07) is 30.8. The van der Waals surface area contributed by atoms with Gasteiger partial charge >= 0.3 is 0 Å². The Morgan fingerprint density at radius 3 is 1.46 bits per heavy atom. The van der Waals surface area contributed by atoms with Crippen molar-refractivity contribution in [1.82, 2.24) is 0 Å². The number of hydrogen-bond donors (Lipinski definition) is 0. The van der Waals surface area contributed by atoms with E-state index in [1.807, 2.05) is 74.8 Å². The van der Waals surface area contributed by atoms with Gasteiger partial charge < -0.3 is 4.90 Å². The monoisotopic (exact) mass is 312 g/mol. The van der Waals surface area contributed by atoms with Crippen molar-refractivity contribution in [3.05, 3.63) is 102 Å². The zero-order valence-corrected chi connectivity index (χ0v) is 14.0. The van der Waals surface area contributed by atoms with Crippen molar-refractivity contribution in [1.29, 1.82) is 5.26 Å². The van der Waals surface area contributed by atoms with Crippen LogP contribution in [0.2, 0.25) is 0 Å². The minimum atomic E-state index is -0.812. The number of nitriles is 1. The SMILES string of the molecule is CN(C)c1ccc(C(C#N)(c2ccccc2)c2ccccc2)cc1. The van der Waals surface area contributed by atoms with Gasteiger partial charge in [0.2, 0.25) is 0 Å². The van der Waals surface area contributed by atoms with E-state index < -0.39 is 5.41 Å². The summed E-state index contributed by atoms with van der Waals surface area (Å²) in [6.45, 7) is 0. The topological polar surface area (TPSA) is 27.0 Å². The third kappa shape index (κ3) is 2.66. The Hall–Kier alpha value is -3.05. The lowest BCUT2D eigenvalue weighted by atomic mass is 9.70. The van der Waals surface area contributed by atoms with E-state index in [-0.39, 0.29) is 0 Å². The average molecular weight is 312 g/mol. The third-order valence-electron chi connectivity index (χ3n) is 4.40. The Labute approximate surface area is 143 Å². The van der Waals surface area contributed by atoms with Crippen molar-refractivity contribution in [2.75, 3.05) is 19.0 Å². The Morgan fingerprint density at radius 1 is 0.667 bits per heavy atom. The van der Waals surface area contributed by atoms with Gasteiger partial charge in [-0.2, -0.15) is 5.26 Å². The van der Waals surface area contributed by atoms with Gasteiger partial charge in [-0.1, -0.05) is 72.8 Å². The summed E-state index contributed by atoms with van der Waals surface area (Å²) in [5, 5.41) is 10.3. The Kier molecular flexibility index (Phi) is 4.35. The molecule has 0 aliphatic carbocycles. The molecule has 0 N–H and O–H groups in total. The Bertz CT molecular complexity index is 789. The predicted octanol–water partition coefficient (Wildman–Crippen LogP) is 4.61. The van der Waals surface area contributed by atoms with Crippen molar-refractivity contribution in [2.24, 2.45) is 0 Å². The summed E-state index contributed by atoms with van der Waals surface area (Å²) in [7, 11) is 4.03. The molecule has 0 spiro atoms. The van der Waals surface area contributed by atoms with E-state index in [4.69, 9.17) is 0 Å². The van der Waals surface area contributed by atoms with Crippen molar-refractivity contribution < 1.29 is 0 Å². The smallest absolute Gasteiger partial charge is 0.132 e. The number of rotatable bonds is 4. The molecular weight excluding hydrogens is 292 g/mol. The van der Waals surface area contributed by atoms with Crippen LogP contribution in [0.3, 0.4) is 0 Å². The van der Waals surface area contributed by atoms with Gasteiger partial charge in [0.15, 0.2) is 0 Å². The van der Waals surface area contributed by atoms with Crippen LogP contribution in [0.4, 0.5) is 5.69 Å². The molecule has 0 aliphatic rings. The van der Waals surface area contributed by atoms with Crippen molar-refractivity contribution >= 4 is 5.69 Å². The molecule has 0 atom stereocenters. The van der Waals surface area contributed by atoms with E-state index in [1.165, 1.54) is 0 Å². The maximum atomic E-state index is 10.3. The molecule has 0 aliphatic heterocycles. The Morgan fingerprint density at radius 2 is 1.08 bits per heavy atom. The summed E-state index contributed by atoms with van der Waals surface area (Å²) in [6.07, 6.45) is 0. The van der Waals surface area contributed by atoms with Gasteiger partial charge in [0.25, 0.3) is 0 Å². The van der Waals surface area contributed by atoms with E-state index in [1.54, 1.807) is 0 Å². The second kappa shape index (κ2) is 6.60. The van der Waals surface area contributed by atoms with Gasteiger partial charge in [0.05, 0.1) is 6.07 Å². The number of hydrogen-bond acceptors (Lipinski definition) is 2. The van der Waals surface area contributed by atoms with Crippen LogP contribution in [0, 0.1) is 11.3 Å². The summed E-state index contributed by atoms with van der Waals surface area (Å²) >= 11 is 0. The summed E-state index contributed by atoms with van der Waals surface area (Å²) in [5.41, 5.74) is 3.25. The molecule has 0 amide bonds. The molecular formula is C22H20N2. The molecule has 0 aromatic heterocycles. The molecule has 0 heterocycles. The molecule has 24 heavy (non-hydrogen) atoms. The van der Waals surface area contributed by atoms with Crippen molar-refractivity contribution in [3.63, 3.8) is 0 Å². The zero-order chi connectivity index (χ0) is 17.0. The molecule has 0 unspecified atom stereocenters. The van der Waals surface area contributed by atoms with E-state index >= 15 is 0 Å². The van der Waals surface area contributed by atoms with Gasteiger partial charge in [-0.05, 0) is 28.8 Å². The van der Waals surface area contributed by atoms with Crippen LogP contribution in [0.1, 0.15) is 16.7 Å². The highest BCUT2D eigenvalue weighted by atomic mass is 15.1. The molecule has 0 bridgehead atoms. The first-order chi connectivity index (χ1) is 11.7. The van der Waals surface area contributed by atoms with Gasteiger partial charge in [-0.3, -0.25) is 0 Å².